The van der Waals surface area contributed by atoms with Gasteiger partial charge in [0.05, 0.1) is 6.04 Å². The third-order valence-electron chi connectivity index (χ3n) is 3.10. The fraction of sp³-hybridized carbons (Fsp3) is 0.400. The first-order valence-corrected chi connectivity index (χ1v) is 7.56. The van der Waals surface area contributed by atoms with Gasteiger partial charge in [-0.1, -0.05) is 25.1 Å². The Hall–Kier alpha value is -1.39. The van der Waals surface area contributed by atoms with Gasteiger partial charge in [-0.2, -0.15) is 0 Å². The zero-order valence-corrected chi connectivity index (χ0v) is 12.2. The second kappa shape index (κ2) is 6.68. The molecule has 1 heterocycles. The van der Waals surface area contributed by atoms with Crippen LogP contribution < -0.4 is 10.6 Å². The van der Waals surface area contributed by atoms with Crippen molar-refractivity contribution in [3.05, 3.63) is 35.2 Å². The minimum atomic E-state index is -0.162. The molecule has 0 aliphatic heterocycles. The fourth-order valence-electron chi connectivity index (χ4n) is 1.93. The van der Waals surface area contributed by atoms with E-state index in [0.29, 0.717) is 0 Å². The summed E-state index contributed by atoms with van der Waals surface area (Å²) in [4.78, 5) is 11.8. The van der Waals surface area contributed by atoms with Crippen LogP contribution in [0.3, 0.4) is 0 Å². The number of thiophene rings is 1. The monoisotopic (exact) mass is 276 g/mol. The van der Waals surface area contributed by atoms with Crippen molar-refractivity contribution >= 4 is 27.3 Å². The molecule has 102 valence electrons. The lowest BCUT2D eigenvalue weighted by Crippen LogP contribution is -2.42. The standard InChI is InChI=1S/C15H20N2OS/c1-3-8-16-15(18)11(2)17-9-12-10-19-14-7-5-4-6-13(12)14/h4-7,10-11,17H,3,8-9H2,1-2H3,(H,16,18). The predicted molar refractivity (Wildman–Crippen MR) is 81.4 cm³/mol. The zero-order chi connectivity index (χ0) is 13.7. The highest BCUT2D eigenvalue weighted by atomic mass is 32.1. The molecule has 2 aromatic rings. The average Bonchev–Trinajstić information content (AvgIpc) is 2.85. The van der Waals surface area contributed by atoms with Gasteiger partial charge < -0.3 is 10.6 Å². The minimum Gasteiger partial charge on any atom is -0.355 e. The number of amides is 1. The van der Waals surface area contributed by atoms with Crippen LogP contribution in [0.4, 0.5) is 0 Å². The predicted octanol–water partition coefficient (Wildman–Crippen LogP) is 2.91. The van der Waals surface area contributed by atoms with Crippen LogP contribution in [0.2, 0.25) is 0 Å². The van der Waals surface area contributed by atoms with Crippen molar-refractivity contribution in [1.29, 1.82) is 0 Å². The van der Waals surface area contributed by atoms with Crippen molar-refractivity contribution in [3.8, 4) is 0 Å². The molecular formula is C15H20N2OS. The van der Waals surface area contributed by atoms with E-state index in [0.717, 1.165) is 19.5 Å². The summed E-state index contributed by atoms with van der Waals surface area (Å²) in [5.74, 6) is 0.0707. The molecule has 1 atom stereocenters. The average molecular weight is 276 g/mol. The minimum absolute atomic E-state index is 0.0707. The van der Waals surface area contributed by atoms with E-state index in [9.17, 15) is 4.79 Å². The normalized spacial score (nSPS) is 12.5. The third kappa shape index (κ3) is 3.55. The lowest BCUT2D eigenvalue weighted by molar-refractivity contribution is -0.122. The van der Waals surface area contributed by atoms with Crippen LogP contribution in [-0.2, 0) is 11.3 Å². The van der Waals surface area contributed by atoms with E-state index in [1.807, 2.05) is 6.92 Å². The molecule has 1 aromatic heterocycles. The summed E-state index contributed by atoms with van der Waals surface area (Å²) < 4.78 is 1.29. The van der Waals surface area contributed by atoms with E-state index in [2.05, 4.69) is 47.2 Å². The summed E-state index contributed by atoms with van der Waals surface area (Å²) in [5, 5.41) is 9.62. The Balaban J connectivity index is 1.93. The maximum Gasteiger partial charge on any atom is 0.236 e. The number of nitrogens with one attached hydrogen (secondary N) is 2. The molecule has 1 aromatic carbocycles. The number of benzene rings is 1. The third-order valence-corrected chi connectivity index (χ3v) is 4.11. The highest BCUT2D eigenvalue weighted by molar-refractivity contribution is 7.17. The SMILES string of the molecule is CCCNC(=O)C(C)NCc1csc2ccccc12. The van der Waals surface area contributed by atoms with Crippen molar-refractivity contribution in [2.75, 3.05) is 6.54 Å². The molecular weight excluding hydrogens is 256 g/mol. The van der Waals surface area contributed by atoms with Gasteiger partial charge in [0.2, 0.25) is 5.91 Å². The van der Waals surface area contributed by atoms with Crippen molar-refractivity contribution in [2.24, 2.45) is 0 Å². The van der Waals surface area contributed by atoms with Crippen molar-refractivity contribution < 1.29 is 4.79 Å². The molecule has 0 aliphatic rings. The highest BCUT2D eigenvalue weighted by Gasteiger charge is 2.12. The van der Waals surface area contributed by atoms with Gasteiger partial charge >= 0.3 is 0 Å². The first-order valence-electron chi connectivity index (χ1n) is 6.68. The quantitative estimate of drug-likeness (QED) is 0.852. The molecule has 0 radical (unpaired) electrons. The van der Waals surface area contributed by atoms with Gasteiger partial charge in [0.15, 0.2) is 0 Å². The number of hydrogen-bond donors (Lipinski definition) is 2. The highest BCUT2D eigenvalue weighted by Crippen LogP contribution is 2.25. The first kappa shape index (κ1) is 14.0. The van der Waals surface area contributed by atoms with Gasteiger partial charge in [-0.3, -0.25) is 4.79 Å². The number of carbonyl (C=O) groups is 1. The molecule has 19 heavy (non-hydrogen) atoms. The Kier molecular flexibility index (Phi) is 4.93. The van der Waals surface area contributed by atoms with Gasteiger partial charge in [-0.15, -0.1) is 11.3 Å². The number of carbonyl (C=O) groups excluding carboxylic acids is 1. The summed E-state index contributed by atoms with van der Waals surface area (Å²) in [7, 11) is 0. The summed E-state index contributed by atoms with van der Waals surface area (Å²) in [6.07, 6.45) is 0.966. The summed E-state index contributed by atoms with van der Waals surface area (Å²) in [5.41, 5.74) is 1.26. The molecule has 3 nitrogen and oxygen atoms in total. The van der Waals surface area contributed by atoms with Gasteiger partial charge in [-0.25, -0.2) is 0 Å². The van der Waals surface area contributed by atoms with Gasteiger partial charge in [0.1, 0.15) is 0 Å². The zero-order valence-electron chi connectivity index (χ0n) is 11.4. The largest absolute Gasteiger partial charge is 0.355 e. The molecule has 4 heteroatoms. The van der Waals surface area contributed by atoms with Crippen LogP contribution >= 0.6 is 11.3 Å². The van der Waals surface area contributed by atoms with Crippen molar-refractivity contribution in [1.82, 2.24) is 10.6 Å². The lowest BCUT2D eigenvalue weighted by atomic mass is 10.1. The molecule has 0 fully saturated rings. The van der Waals surface area contributed by atoms with Crippen LogP contribution in [0.1, 0.15) is 25.8 Å². The van der Waals surface area contributed by atoms with E-state index in [1.165, 1.54) is 15.6 Å². The molecule has 1 unspecified atom stereocenters. The Bertz CT molecular complexity index is 550. The number of rotatable bonds is 6. The topological polar surface area (TPSA) is 41.1 Å². The van der Waals surface area contributed by atoms with E-state index in [-0.39, 0.29) is 11.9 Å². The Morgan fingerprint density at radius 3 is 2.95 bits per heavy atom. The van der Waals surface area contributed by atoms with Crippen LogP contribution in [0.5, 0.6) is 0 Å². The van der Waals surface area contributed by atoms with Crippen molar-refractivity contribution in [3.63, 3.8) is 0 Å². The van der Waals surface area contributed by atoms with Gasteiger partial charge in [0, 0.05) is 17.8 Å². The molecule has 0 saturated heterocycles. The van der Waals surface area contributed by atoms with Crippen LogP contribution in [0.25, 0.3) is 10.1 Å². The lowest BCUT2D eigenvalue weighted by Gasteiger charge is -2.13. The van der Waals surface area contributed by atoms with Crippen LogP contribution in [0.15, 0.2) is 29.6 Å². The summed E-state index contributed by atoms with van der Waals surface area (Å²) in [6.45, 7) is 5.42. The Labute approximate surface area is 118 Å². The Morgan fingerprint density at radius 1 is 1.37 bits per heavy atom. The molecule has 2 N–H and O–H groups in total. The summed E-state index contributed by atoms with van der Waals surface area (Å²) >= 11 is 1.75. The van der Waals surface area contributed by atoms with E-state index in [4.69, 9.17) is 0 Å². The van der Waals surface area contributed by atoms with Crippen LogP contribution in [0, 0.1) is 0 Å². The van der Waals surface area contributed by atoms with E-state index < -0.39 is 0 Å². The smallest absolute Gasteiger partial charge is 0.236 e. The first-order chi connectivity index (χ1) is 9.22. The fourth-order valence-corrected chi connectivity index (χ4v) is 2.89. The second-order valence-electron chi connectivity index (χ2n) is 4.65. The van der Waals surface area contributed by atoms with E-state index >= 15 is 0 Å². The number of fused-ring (bicyclic) bond motifs is 1. The number of hydrogen-bond acceptors (Lipinski definition) is 3. The van der Waals surface area contributed by atoms with Gasteiger partial charge in [-0.05, 0) is 35.7 Å². The molecule has 1 amide bonds. The Morgan fingerprint density at radius 2 is 2.16 bits per heavy atom. The molecule has 0 aliphatic carbocycles. The van der Waals surface area contributed by atoms with Gasteiger partial charge in [0.25, 0.3) is 0 Å². The molecule has 0 bridgehead atoms. The van der Waals surface area contributed by atoms with Crippen LogP contribution in [-0.4, -0.2) is 18.5 Å². The maximum absolute atomic E-state index is 11.8. The second-order valence-corrected chi connectivity index (χ2v) is 5.56. The maximum atomic E-state index is 11.8. The molecule has 2 rings (SSSR count). The summed E-state index contributed by atoms with van der Waals surface area (Å²) in [6, 6.07) is 8.20. The molecule has 0 spiro atoms. The van der Waals surface area contributed by atoms with Crippen molar-refractivity contribution in [2.45, 2.75) is 32.9 Å². The molecule has 0 saturated carbocycles. The van der Waals surface area contributed by atoms with E-state index in [1.54, 1.807) is 11.3 Å².